The molecule has 5 rings (SSSR count). The minimum Gasteiger partial charge on any atom is -0.481 e. The number of aromatic nitrogens is 3. The zero-order chi connectivity index (χ0) is 19.4. The quantitative estimate of drug-likeness (QED) is 0.759. The summed E-state index contributed by atoms with van der Waals surface area (Å²) in [6, 6.07) is 11.4. The predicted molar refractivity (Wildman–Crippen MR) is 102 cm³/mol. The molecule has 0 radical (unpaired) electrons. The highest BCUT2D eigenvalue weighted by Crippen LogP contribution is 2.43. The molecular formula is C21H20N4O3. The fourth-order valence-corrected chi connectivity index (χ4v) is 4.78. The van der Waals surface area contributed by atoms with E-state index in [0.29, 0.717) is 17.8 Å². The summed E-state index contributed by atoms with van der Waals surface area (Å²) in [6.07, 6.45) is 3.21. The smallest absolute Gasteiger partial charge is 0.308 e. The van der Waals surface area contributed by atoms with Gasteiger partial charge in [-0.1, -0.05) is 18.2 Å². The van der Waals surface area contributed by atoms with Gasteiger partial charge in [0.15, 0.2) is 5.65 Å². The number of likely N-dealkylation sites (tertiary alicyclic amines) is 1. The Morgan fingerprint density at radius 1 is 1.18 bits per heavy atom. The monoisotopic (exact) mass is 376 g/mol. The highest BCUT2D eigenvalue weighted by atomic mass is 16.4. The number of rotatable bonds is 3. The van der Waals surface area contributed by atoms with Gasteiger partial charge in [0, 0.05) is 24.2 Å². The maximum Gasteiger partial charge on any atom is 0.308 e. The molecule has 1 saturated heterocycles. The number of amides is 1. The van der Waals surface area contributed by atoms with Crippen molar-refractivity contribution < 1.29 is 14.7 Å². The van der Waals surface area contributed by atoms with Gasteiger partial charge in [-0.15, -0.1) is 0 Å². The first kappa shape index (κ1) is 16.9. The molecule has 1 aromatic carbocycles. The van der Waals surface area contributed by atoms with Gasteiger partial charge in [0.2, 0.25) is 0 Å². The van der Waals surface area contributed by atoms with Crippen molar-refractivity contribution in [2.24, 2.45) is 11.8 Å². The Hall–Kier alpha value is -3.22. The summed E-state index contributed by atoms with van der Waals surface area (Å²) in [4.78, 5) is 30.9. The number of aryl methyl sites for hydroxylation is 1. The number of hydrogen-bond donors (Lipinski definition) is 1. The van der Waals surface area contributed by atoms with Crippen LogP contribution in [0.5, 0.6) is 0 Å². The molecule has 3 atom stereocenters. The number of carbonyl (C=O) groups excluding carboxylic acids is 1. The van der Waals surface area contributed by atoms with Gasteiger partial charge in [-0.3, -0.25) is 9.59 Å². The number of fused-ring (bicyclic) bond motifs is 3. The van der Waals surface area contributed by atoms with Gasteiger partial charge in [0.1, 0.15) is 0 Å². The van der Waals surface area contributed by atoms with E-state index in [4.69, 9.17) is 0 Å². The third-order valence-corrected chi connectivity index (χ3v) is 6.09. The largest absolute Gasteiger partial charge is 0.481 e. The number of aliphatic carboxylic acids is 1. The highest BCUT2D eigenvalue weighted by molar-refractivity contribution is 5.98. The van der Waals surface area contributed by atoms with E-state index in [2.05, 4.69) is 10.1 Å². The van der Waals surface area contributed by atoms with Gasteiger partial charge < -0.3 is 10.0 Å². The van der Waals surface area contributed by atoms with Crippen molar-refractivity contribution in [2.75, 3.05) is 6.54 Å². The van der Waals surface area contributed by atoms with Crippen LogP contribution in [0.25, 0.3) is 16.7 Å². The number of benzene rings is 1. The minimum absolute atomic E-state index is 0.0608. The number of pyridine rings is 1. The summed E-state index contributed by atoms with van der Waals surface area (Å²) in [5.41, 5.74) is 2.90. The molecule has 7 heteroatoms. The summed E-state index contributed by atoms with van der Waals surface area (Å²) >= 11 is 0. The van der Waals surface area contributed by atoms with Gasteiger partial charge in [-0.25, -0.2) is 9.67 Å². The van der Waals surface area contributed by atoms with Crippen molar-refractivity contribution in [1.29, 1.82) is 0 Å². The fourth-order valence-electron chi connectivity index (χ4n) is 4.78. The SMILES string of the molecule is Cc1nn(-c2ccccc2)c2ncc(C(=O)N3C[C@@H]4CC[C@H]3[C@H]4C(=O)O)cc12. The van der Waals surface area contributed by atoms with Crippen molar-refractivity contribution in [3.8, 4) is 5.69 Å². The van der Waals surface area contributed by atoms with Crippen LogP contribution in [0, 0.1) is 18.8 Å². The molecule has 1 N–H and O–H groups in total. The van der Waals surface area contributed by atoms with Crippen LogP contribution in [0.4, 0.5) is 0 Å². The maximum absolute atomic E-state index is 13.1. The number of carbonyl (C=O) groups is 2. The van der Waals surface area contributed by atoms with E-state index >= 15 is 0 Å². The summed E-state index contributed by atoms with van der Waals surface area (Å²) in [5.74, 6) is -1.31. The molecule has 7 nitrogen and oxygen atoms in total. The molecular weight excluding hydrogens is 356 g/mol. The molecule has 1 amide bonds. The molecule has 2 bridgehead atoms. The van der Waals surface area contributed by atoms with E-state index in [9.17, 15) is 14.7 Å². The molecule has 28 heavy (non-hydrogen) atoms. The van der Waals surface area contributed by atoms with Crippen LogP contribution in [0.1, 0.15) is 28.9 Å². The van der Waals surface area contributed by atoms with Crippen LogP contribution in [-0.2, 0) is 4.79 Å². The van der Waals surface area contributed by atoms with Crippen LogP contribution in [-0.4, -0.2) is 49.2 Å². The van der Waals surface area contributed by atoms with Gasteiger partial charge in [-0.2, -0.15) is 5.10 Å². The van der Waals surface area contributed by atoms with Crippen LogP contribution < -0.4 is 0 Å². The molecule has 2 aliphatic rings. The number of carboxylic acids is 1. The second-order valence-electron chi connectivity index (χ2n) is 7.65. The van der Waals surface area contributed by atoms with Gasteiger partial charge in [-0.05, 0) is 43.9 Å². The Balaban J connectivity index is 1.50. The van der Waals surface area contributed by atoms with Crippen molar-refractivity contribution in [1.82, 2.24) is 19.7 Å². The lowest BCUT2D eigenvalue weighted by atomic mass is 9.99. The average Bonchev–Trinajstić information content (AvgIpc) is 3.39. The molecule has 3 heterocycles. The zero-order valence-corrected chi connectivity index (χ0v) is 15.4. The van der Waals surface area contributed by atoms with Crippen LogP contribution in [0.15, 0.2) is 42.6 Å². The van der Waals surface area contributed by atoms with Crippen molar-refractivity contribution >= 4 is 22.9 Å². The molecule has 0 spiro atoms. The van der Waals surface area contributed by atoms with E-state index in [-0.39, 0.29) is 17.9 Å². The Kier molecular flexibility index (Phi) is 3.72. The van der Waals surface area contributed by atoms with E-state index < -0.39 is 11.9 Å². The molecule has 142 valence electrons. The highest BCUT2D eigenvalue weighted by Gasteiger charge is 2.52. The minimum atomic E-state index is -0.795. The Morgan fingerprint density at radius 2 is 1.96 bits per heavy atom. The first-order chi connectivity index (χ1) is 13.5. The molecule has 2 fully saturated rings. The lowest BCUT2D eigenvalue weighted by Gasteiger charge is -2.27. The number of carboxylic acid groups (broad SMARTS) is 1. The summed E-state index contributed by atoms with van der Waals surface area (Å²) in [5, 5.41) is 14.9. The number of piperidine rings is 1. The lowest BCUT2D eigenvalue weighted by Crippen LogP contribution is -2.39. The van der Waals surface area contributed by atoms with Crippen LogP contribution in [0.3, 0.4) is 0 Å². The number of hydrogen-bond acceptors (Lipinski definition) is 4. The standard InChI is InChI=1S/C21H20N4O3/c1-12-16-9-14(10-22-19(16)25(23-12)15-5-3-2-4-6-15)20(26)24-11-13-7-8-17(24)18(13)21(27)28/h2-6,9-10,13,17-18H,7-8,11H2,1H3,(H,27,28)/t13-,17-,18-/m0/s1. The van der Waals surface area contributed by atoms with E-state index in [1.807, 2.05) is 43.3 Å². The van der Waals surface area contributed by atoms with Gasteiger partial charge >= 0.3 is 5.97 Å². The van der Waals surface area contributed by atoms with Crippen LogP contribution >= 0.6 is 0 Å². The third-order valence-electron chi connectivity index (χ3n) is 6.09. The first-order valence-electron chi connectivity index (χ1n) is 9.49. The normalized spacial score (nSPS) is 23.5. The first-order valence-corrected chi connectivity index (χ1v) is 9.49. The van der Waals surface area contributed by atoms with Gasteiger partial charge in [0.25, 0.3) is 5.91 Å². The molecule has 1 saturated carbocycles. The van der Waals surface area contributed by atoms with Crippen molar-refractivity contribution in [2.45, 2.75) is 25.8 Å². The second-order valence-corrected chi connectivity index (χ2v) is 7.65. The van der Waals surface area contributed by atoms with Crippen molar-refractivity contribution in [3.63, 3.8) is 0 Å². The maximum atomic E-state index is 13.1. The number of para-hydroxylation sites is 1. The third kappa shape index (κ3) is 2.42. The van der Waals surface area contributed by atoms with E-state index in [0.717, 1.165) is 29.6 Å². The topological polar surface area (TPSA) is 88.3 Å². The summed E-state index contributed by atoms with van der Waals surface area (Å²) < 4.78 is 1.77. The molecule has 1 aliphatic heterocycles. The lowest BCUT2D eigenvalue weighted by molar-refractivity contribution is -0.142. The average molecular weight is 376 g/mol. The fraction of sp³-hybridized carbons (Fsp3) is 0.333. The van der Waals surface area contributed by atoms with E-state index in [1.54, 1.807) is 15.8 Å². The van der Waals surface area contributed by atoms with E-state index in [1.165, 1.54) is 0 Å². The Morgan fingerprint density at radius 3 is 2.68 bits per heavy atom. The number of nitrogens with zero attached hydrogens (tertiary/aromatic N) is 4. The molecule has 1 aliphatic carbocycles. The van der Waals surface area contributed by atoms with Crippen LogP contribution in [0.2, 0.25) is 0 Å². The van der Waals surface area contributed by atoms with Gasteiger partial charge in [0.05, 0.1) is 22.9 Å². The van der Waals surface area contributed by atoms with Crippen molar-refractivity contribution in [3.05, 3.63) is 53.9 Å². The zero-order valence-electron chi connectivity index (χ0n) is 15.4. The summed E-state index contributed by atoms with van der Waals surface area (Å²) in [6.45, 7) is 2.41. The predicted octanol–water partition coefficient (Wildman–Crippen LogP) is 2.66. The Labute approximate surface area is 161 Å². The summed E-state index contributed by atoms with van der Waals surface area (Å²) in [7, 11) is 0. The molecule has 3 aromatic rings. The molecule has 2 aromatic heterocycles. The molecule has 0 unspecified atom stereocenters. The Bertz CT molecular complexity index is 1090. The second kappa shape index (κ2) is 6.15.